The molecular weight excluding hydrogens is 264 g/mol. The first-order valence-corrected chi connectivity index (χ1v) is 7.88. The Kier molecular flexibility index (Phi) is 3.98. The van der Waals surface area contributed by atoms with Gasteiger partial charge >= 0.3 is 0 Å². The molecule has 1 atom stereocenters. The first-order valence-electron chi connectivity index (χ1n) is 7.88. The Morgan fingerprint density at radius 1 is 1.24 bits per heavy atom. The Morgan fingerprint density at radius 2 is 2.05 bits per heavy atom. The number of nitrogens with one attached hydrogen (secondary N) is 1. The van der Waals surface area contributed by atoms with Gasteiger partial charge in [-0.2, -0.15) is 0 Å². The maximum atomic E-state index is 5.58. The maximum absolute atomic E-state index is 5.58. The molecule has 2 fully saturated rings. The van der Waals surface area contributed by atoms with Gasteiger partial charge in [-0.25, -0.2) is 0 Å². The van der Waals surface area contributed by atoms with Crippen molar-refractivity contribution in [3.05, 3.63) is 18.2 Å². The van der Waals surface area contributed by atoms with Gasteiger partial charge in [0.1, 0.15) is 11.5 Å². The van der Waals surface area contributed by atoms with Crippen LogP contribution >= 0.6 is 0 Å². The molecule has 1 heterocycles. The van der Waals surface area contributed by atoms with Gasteiger partial charge < -0.3 is 19.7 Å². The lowest BCUT2D eigenvalue weighted by Crippen LogP contribution is -2.51. The quantitative estimate of drug-likeness (QED) is 0.924. The molecule has 21 heavy (non-hydrogen) atoms. The van der Waals surface area contributed by atoms with Crippen molar-refractivity contribution in [1.82, 2.24) is 5.32 Å². The summed E-state index contributed by atoms with van der Waals surface area (Å²) in [6.07, 6.45) is 3.88. The summed E-state index contributed by atoms with van der Waals surface area (Å²) in [6.45, 7) is 5.58. The standard InChI is InChI=1S/C17H26N2O2/c1-17(13-5-6-13)12-19(10-4-9-18-17)15-8-7-14(20-2)11-16(15)21-3/h7-8,11,13,18H,4-6,9-10,12H2,1-3H3. The number of hydrogen-bond donors (Lipinski definition) is 1. The van der Waals surface area contributed by atoms with Crippen molar-refractivity contribution in [3.8, 4) is 11.5 Å². The second kappa shape index (κ2) is 5.76. The molecule has 4 nitrogen and oxygen atoms in total. The smallest absolute Gasteiger partial charge is 0.145 e. The molecule has 116 valence electrons. The first-order chi connectivity index (χ1) is 10.2. The zero-order valence-electron chi connectivity index (χ0n) is 13.3. The third-order valence-corrected chi connectivity index (χ3v) is 4.86. The molecule has 1 aliphatic heterocycles. The molecule has 1 aliphatic carbocycles. The normalized spacial score (nSPS) is 26.3. The van der Waals surface area contributed by atoms with E-state index in [1.54, 1.807) is 14.2 Å². The molecule has 0 aromatic heterocycles. The fourth-order valence-electron chi connectivity index (χ4n) is 3.42. The lowest BCUT2D eigenvalue weighted by atomic mass is 9.95. The molecular formula is C17H26N2O2. The highest BCUT2D eigenvalue weighted by Crippen LogP contribution is 2.42. The summed E-state index contributed by atoms with van der Waals surface area (Å²) in [5, 5.41) is 3.77. The van der Waals surface area contributed by atoms with Gasteiger partial charge in [0, 0.05) is 24.7 Å². The molecule has 1 saturated heterocycles. The fraction of sp³-hybridized carbons (Fsp3) is 0.647. The molecule has 3 rings (SSSR count). The van der Waals surface area contributed by atoms with Crippen LogP contribution in [0, 0.1) is 5.92 Å². The van der Waals surface area contributed by atoms with Gasteiger partial charge in [-0.3, -0.25) is 0 Å². The lowest BCUT2D eigenvalue weighted by Gasteiger charge is -2.35. The summed E-state index contributed by atoms with van der Waals surface area (Å²) in [4.78, 5) is 2.47. The van der Waals surface area contributed by atoms with Gasteiger partial charge in [-0.05, 0) is 50.8 Å². The number of anilines is 1. The van der Waals surface area contributed by atoms with E-state index in [2.05, 4.69) is 23.2 Å². The van der Waals surface area contributed by atoms with E-state index in [1.165, 1.54) is 18.5 Å². The second-order valence-electron chi connectivity index (χ2n) is 6.43. The summed E-state index contributed by atoms with van der Waals surface area (Å²) in [7, 11) is 3.42. The molecule has 4 heteroatoms. The van der Waals surface area contributed by atoms with Crippen molar-refractivity contribution in [3.63, 3.8) is 0 Å². The molecule has 0 spiro atoms. The van der Waals surface area contributed by atoms with Gasteiger partial charge in [0.05, 0.1) is 19.9 Å². The van der Waals surface area contributed by atoms with Crippen LogP contribution in [-0.2, 0) is 0 Å². The van der Waals surface area contributed by atoms with Gasteiger partial charge in [0.2, 0.25) is 0 Å². The highest BCUT2D eigenvalue weighted by molar-refractivity contribution is 5.61. The van der Waals surface area contributed by atoms with Crippen molar-refractivity contribution in [1.29, 1.82) is 0 Å². The van der Waals surface area contributed by atoms with Crippen LogP contribution in [0.15, 0.2) is 18.2 Å². The molecule has 0 radical (unpaired) electrons. The minimum absolute atomic E-state index is 0.224. The zero-order chi connectivity index (χ0) is 14.9. The van der Waals surface area contributed by atoms with E-state index in [1.807, 2.05) is 12.1 Å². The van der Waals surface area contributed by atoms with Crippen LogP contribution in [0.4, 0.5) is 5.69 Å². The Morgan fingerprint density at radius 3 is 2.71 bits per heavy atom. The molecule has 1 unspecified atom stereocenters. The molecule has 1 aromatic rings. The molecule has 1 saturated carbocycles. The fourth-order valence-corrected chi connectivity index (χ4v) is 3.42. The SMILES string of the molecule is COc1ccc(N2CCCNC(C)(C3CC3)C2)c(OC)c1. The Balaban J connectivity index is 1.87. The van der Waals surface area contributed by atoms with Crippen LogP contribution in [0.2, 0.25) is 0 Å². The zero-order valence-corrected chi connectivity index (χ0v) is 13.3. The Labute approximate surface area is 127 Å². The molecule has 0 amide bonds. The minimum Gasteiger partial charge on any atom is -0.497 e. The highest BCUT2D eigenvalue weighted by Gasteiger charge is 2.43. The van der Waals surface area contributed by atoms with E-state index in [4.69, 9.17) is 9.47 Å². The Bertz CT molecular complexity index is 502. The topological polar surface area (TPSA) is 33.7 Å². The average molecular weight is 290 g/mol. The van der Waals surface area contributed by atoms with Gasteiger partial charge in [-0.1, -0.05) is 0 Å². The number of hydrogen-bond acceptors (Lipinski definition) is 4. The van der Waals surface area contributed by atoms with E-state index >= 15 is 0 Å². The Hall–Kier alpha value is -1.42. The van der Waals surface area contributed by atoms with Crippen LogP contribution in [0.5, 0.6) is 11.5 Å². The van der Waals surface area contributed by atoms with Gasteiger partial charge in [0.15, 0.2) is 0 Å². The number of nitrogens with zero attached hydrogens (tertiary/aromatic N) is 1. The molecule has 1 N–H and O–H groups in total. The van der Waals surface area contributed by atoms with Crippen molar-refractivity contribution in [2.24, 2.45) is 5.92 Å². The van der Waals surface area contributed by atoms with E-state index in [9.17, 15) is 0 Å². The number of ether oxygens (including phenoxy) is 2. The lowest BCUT2D eigenvalue weighted by molar-refractivity contribution is 0.330. The van der Waals surface area contributed by atoms with E-state index in [0.717, 1.165) is 43.5 Å². The van der Waals surface area contributed by atoms with E-state index in [-0.39, 0.29) is 5.54 Å². The predicted octanol–water partition coefficient (Wildman–Crippen LogP) is 2.67. The van der Waals surface area contributed by atoms with Crippen molar-refractivity contribution in [2.45, 2.75) is 31.7 Å². The van der Waals surface area contributed by atoms with Gasteiger partial charge in [-0.15, -0.1) is 0 Å². The summed E-state index contributed by atoms with van der Waals surface area (Å²) < 4.78 is 10.9. The number of methoxy groups -OCH3 is 2. The highest BCUT2D eigenvalue weighted by atomic mass is 16.5. The molecule has 2 aliphatic rings. The third-order valence-electron chi connectivity index (χ3n) is 4.86. The van der Waals surface area contributed by atoms with Crippen LogP contribution in [0.3, 0.4) is 0 Å². The van der Waals surface area contributed by atoms with Gasteiger partial charge in [0.25, 0.3) is 0 Å². The largest absolute Gasteiger partial charge is 0.497 e. The summed E-state index contributed by atoms with van der Waals surface area (Å²) in [5.41, 5.74) is 1.40. The number of rotatable bonds is 4. The van der Waals surface area contributed by atoms with Crippen LogP contribution in [0.1, 0.15) is 26.2 Å². The number of benzene rings is 1. The summed E-state index contributed by atoms with van der Waals surface area (Å²) in [6, 6.07) is 6.11. The van der Waals surface area contributed by atoms with Crippen molar-refractivity contribution < 1.29 is 9.47 Å². The van der Waals surface area contributed by atoms with Crippen LogP contribution in [-0.4, -0.2) is 39.4 Å². The van der Waals surface area contributed by atoms with E-state index < -0.39 is 0 Å². The van der Waals surface area contributed by atoms with Crippen molar-refractivity contribution >= 4 is 5.69 Å². The average Bonchev–Trinajstić information content (AvgIpc) is 3.34. The molecule has 1 aromatic carbocycles. The first kappa shape index (κ1) is 14.5. The van der Waals surface area contributed by atoms with Crippen molar-refractivity contribution in [2.75, 3.05) is 38.8 Å². The predicted molar refractivity (Wildman–Crippen MR) is 85.5 cm³/mol. The summed E-state index contributed by atoms with van der Waals surface area (Å²) >= 11 is 0. The monoisotopic (exact) mass is 290 g/mol. The minimum atomic E-state index is 0.224. The van der Waals surface area contributed by atoms with Crippen LogP contribution < -0.4 is 19.7 Å². The van der Waals surface area contributed by atoms with Crippen LogP contribution in [0.25, 0.3) is 0 Å². The summed E-state index contributed by atoms with van der Waals surface area (Å²) in [5.74, 6) is 2.56. The molecule has 0 bridgehead atoms. The third kappa shape index (κ3) is 2.95. The maximum Gasteiger partial charge on any atom is 0.145 e. The van der Waals surface area contributed by atoms with E-state index in [0.29, 0.717) is 0 Å². The second-order valence-corrected chi connectivity index (χ2v) is 6.43.